The number of fused-ring (bicyclic) bond motifs is 1. The predicted octanol–water partition coefficient (Wildman–Crippen LogP) is 4.44. The van der Waals surface area contributed by atoms with Gasteiger partial charge in [0.2, 0.25) is 11.7 Å². The molecule has 0 radical (unpaired) electrons. The van der Waals surface area contributed by atoms with Crippen LogP contribution in [0.4, 0.5) is 17.6 Å². The molecule has 11 heteroatoms. The molecule has 0 fully saturated rings. The highest BCUT2D eigenvalue weighted by Crippen LogP contribution is 2.33. The van der Waals surface area contributed by atoms with Crippen LogP contribution in [-0.2, 0) is 4.83 Å². The zero-order chi connectivity index (χ0) is 19.8. The van der Waals surface area contributed by atoms with Crippen molar-refractivity contribution in [3.8, 4) is 17.1 Å². The summed E-state index contributed by atoms with van der Waals surface area (Å²) in [6, 6.07) is 2.97. The lowest BCUT2D eigenvalue weighted by Crippen LogP contribution is -2.35. The lowest BCUT2D eigenvalue weighted by molar-refractivity contribution is -0.0828. The van der Waals surface area contributed by atoms with Gasteiger partial charge in [-0.15, -0.1) is 10.2 Å². The van der Waals surface area contributed by atoms with E-state index < -0.39 is 22.7 Å². The van der Waals surface area contributed by atoms with Crippen LogP contribution in [0.2, 0.25) is 0 Å². The fraction of sp³-hybridized carbons (Fsp3) is 0.375. The molecule has 0 aliphatic carbocycles. The molecule has 0 bridgehead atoms. The third-order valence-electron chi connectivity index (χ3n) is 3.78. The van der Waals surface area contributed by atoms with Crippen LogP contribution in [0.1, 0.15) is 26.1 Å². The molecule has 0 N–H and O–H groups in total. The summed E-state index contributed by atoms with van der Waals surface area (Å²) in [5, 5.41) is 7.08. The normalized spacial score (nSPS) is 13.7. The van der Waals surface area contributed by atoms with E-state index in [1.807, 2.05) is 0 Å². The molecule has 0 saturated carbocycles. The molecule has 1 unspecified atom stereocenters. The van der Waals surface area contributed by atoms with Gasteiger partial charge in [0.15, 0.2) is 11.8 Å². The summed E-state index contributed by atoms with van der Waals surface area (Å²) in [5.41, 5.74) is 0.960. The van der Waals surface area contributed by atoms with Crippen molar-refractivity contribution in [1.29, 1.82) is 0 Å². The van der Waals surface area contributed by atoms with Crippen molar-refractivity contribution < 1.29 is 22.3 Å². The number of rotatable bonds is 6. The zero-order valence-corrected chi connectivity index (χ0v) is 15.8. The van der Waals surface area contributed by atoms with Crippen molar-refractivity contribution in [2.24, 2.45) is 0 Å². The van der Waals surface area contributed by atoms with E-state index in [4.69, 9.17) is 4.74 Å². The molecule has 0 saturated heterocycles. The minimum absolute atomic E-state index is 0.0326. The first-order valence-corrected chi connectivity index (χ1v) is 8.67. The molecule has 0 aliphatic heterocycles. The van der Waals surface area contributed by atoms with Gasteiger partial charge in [-0.3, -0.25) is 9.38 Å². The molecule has 0 aliphatic rings. The Hall–Kier alpha value is -2.30. The van der Waals surface area contributed by atoms with Crippen molar-refractivity contribution in [2.45, 2.75) is 37.1 Å². The van der Waals surface area contributed by atoms with Gasteiger partial charge in [0, 0.05) is 30.9 Å². The second-order valence-corrected chi connectivity index (χ2v) is 6.87. The number of hydrogen-bond donors (Lipinski definition) is 0. The first kappa shape index (κ1) is 19.5. The second-order valence-electron chi connectivity index (χ2n) is 5.88. The Morgan fingerprint density at radius 3 is 2.44 bits per heavy atom. The summed E-state index contributed by atoms with van der Waals surface area (Å²) in [6.45, 7) is 2.37. The fourth-order valence-corrected chi connectivity index (χ4v) is 2.71. The average molecular weight is 448 g/mol. The van der Waals surface area contributed by atoms with Gasteiger partial charge in [0.1, 0.15) is 0 Å². The van der Waals surface area contributed by atoms with Gasteiger partial charge in [-0.05, 0) is 28.4 Å². The van der Waals surface area contributed by atoms with Crippen molar-refractivity contribution in [3.63, 3.8) is 0 Å². The molecular weight excluding hydrogens is 434 g/mol. The van der Waals surface area contributed by atoms with Crippen LogP contribution >= 0.6 is 15.9 Å². The van der Waals surface area contributed by atoms with Gasteiger partial charge in [0.05, 0.1) is 11.9 Å². The summed E-state index contributed by atoms with van der Waals surface area (Å²) >= 11 is 2.26. The summed E-state index contributed by atoms with van der Waals surface area (Å²) in [4.78, 5) is 4.78. The van der Waals surface area contributed by atoms with Crippen LogP contribution in [0.5, 0.6) is 5.88 Å². The smallest absolute Gasteiger partial charge is 0.360 e. The van der Waals surface area contributed by atoms with Crippen LogP contribution in [-0.4, -0.2) is 36.6 Å². The van der Waals surface area contributed by atoms with Crippen LogP contribution in [0.3, 0.4) is 0 Å². The maximum absolute atomic E-state index is 13.5. The van der Waals surface area contributed by atoms with Crippen molar-refractivity contribution >= 4 is 21.6 Å². The number of pyridine rings is 1. The first-order chi connectivity index (χ1) is 12.6. The lowest BCUT2D eigenvalue weighted by atomic mass is 10.1. The van der Waals surface area contributed by atoms with E-state index in [9.17, 15) is 17.6 Å². The molecule has 3 heterocycles. The van der Waals surface area contributed by atoms with Crippen LogP contribution < -0.4 is 4.74 Å². The van der Waals surface area contributed by atoms with Crippen LogP contribution in [0.15, 0.2) is 30.7 Å². The second kappa shape index (κ2) is 7.02. The van der Waals surface area contributed by atoms with E-state index in [1.165, 1.54) is 24.7 Å². The highest BCUT2D eigenvalue weighted by Gasteiger charge is 2.35. The third kappa shape index (κ3) is 4.18. The summed E-state index contributed by atoms with van der Waals surface area (Å²) in [7, 11) is 0. The van der Waals surface area contributed by atoms with E-state index >= 15 is 0 Å². The topological polar surface area (TPSA) is 65.2 Å². The van der Waals surface area contributed by atoms with E-state index in [-0.39, 0.29) is 17.9 Å². The summed E-state index contributed by atoms with van der Waals surface area (Å²) in [5.74, 6) is -3.57. The zero-order valence-electron chi connectivity index (χ0n) is 14.2. The van der Waals surface area contributed by atoms with Crippen molar-refractivity contribution in [1.82, 2.24) is 24.6 Å². The number of aromatic nitrogens is 5. The minimum atomic E-state index is -3.36. The van der Waals surface area contributed by atoms with Gasteiger partial charge in [-0.1, -0.05) is 6.92 Å². The Morgan fingerprint density at radius 2 is 1.89 bits per heavy atom. The number of nitrogens with zero attached hydrogens (tertiary/aromatic N) is 5. The standard InChI is InChI=1S/C16H14BrF4N5O/c1-3-11(15(2,18)19)27-13-5-4-9(6-23-13)10-8-26-12(7-22-10)24-25-14(26)16(17,20)21/h4-8,11H,3H2,1-2H3. The Labute approximate surface area is 159 Å². The van der Waals surface area contributed by atoms with Gasteiger partial charge in [-0.25, -0.2) is 13.8 Å². The molecule has 3 aromatic heterocycles. The molecule has 0 spiro atoms. The van der Waals surface area contributed by atoms with Gasteiger partial charge in [-0.2, -0.15) is 8.78 Å². The molecule has 6 nitrogen and oxygen atoms in total. The molecule has 3 aromatic rings. The number of ether oxygens (including phenoxy) is 1. The first-order valence-electron chi connectivity index (χ1n) is 7.88. The highest BCUT2D eigenvalue weighted by molar-refractivity contribution is 9.09. The van der Waals surface area contributed by atoms with Gasteiger partial charge < -0.3 is 4.74 Å². The summed E-state index contributed by atoms with van der Waals surface area (Å²) in [6.07, 6.45) is 2.81. The molecule has 0 aromatic carbocycles. The SMILES string of the molecule is CCC(Oc1ccc(-c2cn3c(C(F)(F)Br)nnc3cn2)cn1)C(C)(F)F. The molecule has 144 valence electrons. The Kier molecular flexibility index (Phi) is 5.06. The lowest BCUT2D eigenvalue weighted by Gasteiger charge is -2.22. The van der Waals surface area contributed by atoms with E-state index in [0.717, 1.165) is 11.3 Å². The molecule has 0 amide bonds. The maximum atomic E-state index is 13.5. The van der Waals surface area contributed by atoms with Crippen LogP contribution in [0, 0.1) is 0 Å². The maximum Gasteiger partial charge on any atom is 0.360 e. The third-order valence-corrected chi connectivity index (χ3v) is 4.13. The quantitative estimate of drug-likeness (QED) is 0.412. The average Bonchev–Trinajstić information content (AvgIpc) is 3.02. The van der Waals surface area contributed by atoms with E-state index in [1.54, 1.807) is 13.0 Å². The molecular formula is C16H14BrF4N5O. The molecule has 1 atom stereocenters. The Balaban J connectivity index is 1.89. The van der Waals surface area contributed by atoms with Crippen LogP contribution in [0.25, 0.3) is 16.9 Å². The van der Waals surface area contributed by atoms with Crippen molar-refractivity contribution in [3.05, 3.63) is 36.5 Å². The van der Waals surface area contributed by atoms with Crippen molar-refractivity contribution in [2.75, 3.05) is 0 Å². The fourth-order valence-electron chi connectivity index (χ4n) is 2.44. The Morgan fingerprint density at radius 1 is 1.15 bits per heavy atom. The molecule has 27 heavy (non-hydrogen) atoms. The number of hydrogen-bond acceptors (Lipinski definition) is 5. The van der Waals surface area contributed by atoms with Gasteiger partial charge in [0.25, 0.3) is 5.92 Å². The van der Waals surface area contributed by atoms with E-state index in [0.29, 0.717) is 11.3 Å². The number of alkyl halides is 5. The number of halogens is 5. The highest BCUT2D eigenvalue weighted by atomic mass is 79.9. The van der Waals surface area contributed by atoms with E-state index in [2.05, 4.69) is 36.1 Å². The molecule has 3 rings (SSSR count). The predicted molar refractivity (Wildman–Crippen MR) is 92.2 cm³/mol. The Bertz CT molecular complexity index is 937. The monoisotopic (exact) mass is 447 g/mol. The van der Waals surface area contributed by atoms with Gasteiger partial charge >= 0.3 is 4.83 Å². The summed E-state index contributed by atoms with van der Waals surface area (Å²) < 4.78 is 60.3. The minimum Gasteiger partial charge on any atom is -0.468 e. The largest absolute Gasteiger partial charge is 0.468 e.